The first kappa shape index (κ1) is 20.0. The molecule has 1 N–H and O–H groups in total. The van der Waals surface area contributed by atoms with Gasteiger partial charge in [-0.2, -0.15) is 5.10 Å². The highest BCUT2D eigenvalue weighted by Crippen LogP contribution is 2.31. The largest absolute Gasteiger partial charge is 0.489 e. The first-order valence-electron chi connectivity index (χ1n) is 7.65. The van der Waals surface area contributed by atoms with Crippen LogP contribution < -0.4 is 16.0 Å². The fourth-order valence-corrected chi connectivity index (χ4v) is 2.90. The summed E-state index contributed by atoms with van der Waals surface area (Å²) >= 11 is 12.3. The maximum Gasteiger partial charge on any atom is 0.345 e. The summed E-state index contributed by atoms with van der Waals surface area (Å²) in [4.78, 5) is 24.8. The van der Waals surface area contributed by atoms with Gasteiger partial charge in [-0.25, -0.2) is 22.6 Å². The monoisotopic (exact) mass is 431 g/mol. The van der Waals surface area contributed by atoms with Crippen molar-refractivity contribution in [2.75, 3.05) is 0 Å². The summed E-state index contributed by atoms with van der Waals surface area (Å²) in [6.45, 7) is -0.372. The van der Waals surface area contributed by atoms with Crippen LogP contribution in [0, 0.1) is 17.5 Å². The van der Waals surface area contributed by atoms with Crippen molar-refractivity contribution in [1.82, 2.24) is 14.8 Å². The Bertz CT molecular complexity index is 1120. The van der Waals surface area contributed by atoms with Gasteiger partial charge < -0.3 is 4.74 Å². The van der Waals surface area contributed by atoms with Crippen molar-refractivity contribution >= 4 is 23.2 Å². The van der Waals surface area contributed by atoms with Gasteiger partial charge >= 0.3 is 5.69 Å². The number of ether oxygens (including phenoxy) is 1. The van der Waals surface area contributed by atoms with E-state index in [9.17, 15) is 22.8 Å². The second-order valence-electron chi connectivity index (χ2n) is 5.62. The lowest BCUT2D eigenvalue weighted by molar-refractivity contribution is 0.303. The number of aromatic amines is 1. The fourth-order valence-electron chi connectivity index (χ4n) is 2.31. The third kappa shape index (κ3) is 4.37. The second-order valence-corrected chi connectivity index (χ2v) is 6.44. The van der Waals surface area contributed by atoms with Gasteiger partial charge in [-0.15, -0.1) is 0 Å². The molecule has 1 heterocycles. The highest BCUT2D eigenvalue weighted by atomic mass is 35.5. The Morgan fingerprint density at radius 1 is 1.04 bits per heavy atom. The first-order chi connectivity index (χ1) is 13.2. The van der Waals surface area contributed by atoms with Crippen LogP contribution in [0.1, 0.15) is 11.1 Å². The van der Waals surface area contributed by atoms with Gasteiger partial charge in [-0.05, 0) is 29.8 Å². The van der Waals surface area contributed by atoms with Crippen LogP contribution in [0.4, 0.5) is 13.2 Å². The Hall–Kier alpha value is -2.78. The van der Waals surface area contributed by atoms with Crippen LogP contribution in [0.25, 0.3) is 0 Å². The summed E-state index contributed by atoms with van der Waals surface area (Å²) in [7, 11) is 0. The summed E-state index contributed by atoms with van der Waals surface area (Å²) < 4.78 is 45.8. The molecule has 0 aliphatic heterocycles. The molecule has 3 rings (SSSR count). The van der Waals surface area contributed by atoms with Crippen molar-refractivity contribution < 1.29 is 17.9 Å². The summed E-state index contributed by atoms with van der Waals surface area (Å²) in [6, 6.07) is 4.39. The van der Waals surface area contributed by atoms with E-state index in [0.29, 0.717) is 5.56 Å². The zero-order valence-electron chi connectivity index (χ0n) is 13.8. The second kappa shape index (κ2) is 8.07. The quantitative estimate of drug-likeness (QED) is 0.628. The smallest absolute Gasteiger partial charge is 0.345 e. The van der Waals surface area contributed by atoms with Crippen LogP contribution in [0.5, 0.6) is 5.75 Å². The number of halogens is 5. The highest BCUT2D eigenvalue weighted by molar-refractivity contribution is 6.36. The van der Waals surface area contributed by atoms with Crippen molar-refractivity contribution in [2.45, 2.75) is 13.2 Å². The molecule has 0 atom stereocenters. The molecular formula is C17H10Cl2F3N3O3. The average molecular weight is 432 g/mol. The van der Waals surface area contributed by atoms with E-state index in [1.807, 2.05) is 0 Å². The van der Waals surface area contributed by atoms with Gasteiger partial charge in [0.2, 0.25) is 0 Å². The molecular weight excluding hydrogens is 422 g/mol. The van der Waals surface area contributed by atoms with E-state index < -0.39 is 28.7 Å². The standard InChI is InChI=1S/C17H10Cl2F3N3O3/c18-11-3-9(28-7-8-1-13(20)16(22)14(21)2-8)4-12(19)10(11)6-25-17(27)24-15(26)5-23-25/h1-5H,6-7H2,(H,24,26,27). The molecule has 146 valence electrons. The maximum atomic E-state index is 13.2. The van der Waals surface area contributed by atoms with Crippen LogP contribution in [-0.2, 0) is 13.2 Å². The minimum atomic E-state index is -1.56. The van der Waals surface area contributed by atoms with Crippen LogP contribution in [0.2, 0.25) is 10.0 Å². The van der Waals surface area contributed by atoms with Crippen LogP contribution >= 0.6 is 23.2 Å². The molecule has 11 heteroatoms. The normalized spacial score (nSPS) is 10.9. The number of aromatic nitrogens is 3. The fraction of sp³-hybridized carbons (Fsp3) is 0.118. The molecule has 0 fully saturated rings. The molecule has 6 nitrogen and oxygen atoms in total. The molecule has 0 amide bonds. The lowest BCUT2D eigenvalue weighted by atomic mass is 10.2. The first-order valence-corrected chi connectivity index (χ1v) is 8.41. The average Bonchev–Trinajstić information content (AvgIpc) is 2.62. The van der Waals surface area contributed by atoms with E-state index in [2.05, 4.69) is 10.1 Å². The van der Waals surface area contributed by atoms with Gasteiger partial charge in [0.05, 0.1) is 16.6 Å². The number of H-pyrrole nitrogens is 1. The van der Waals surface area contributed by atoms with E-state index in [-0.39, 0.29) is 34.5 Å². The summed E-state index contributed by atoms with van der Waals surface area (Å²) in [5.74, 6) is -4.04. The Balaban J connectivity index is 1.80. The minimum Gasteiger partial charge on any atom is -0.489 e. The van der Waals surface area contributed by atoms with Crippen LogP contribution in [-0.4, -0.2) is 14.8 Å². The number of nitrogens with zero attached hydrogens (tertiary/aromatic N) is 2. The van der Waals surface area contributed by atoms with Gasteiger partial charge in [0.25, 0.3) is 5.56 Å². The Morgan fingerprint density at radius 2 is 1.64 bits per heavy atom. The van der Waals surface area contributed by atoms with Crippen molar-refractivity contribution in [2.24, 2.45) is 0 Å². The molecule has 2 aromatic carbocycles. The van der Waals surface area contributed by atoms with E-state index in [0.717, 1.165) is 23.0 Å². The maximum absolute atomic E-state index is 13.2. The van der Waals surface area contributed by atoms with Crippen molar-refractivity contribution in [3.05, 3.63) is 89.9 Å². The highest BCUT2D eigenvalue weighted by Gasteiger charge is 2.14. The minimum absolute atomic E-state index is 0.0664. The molecule has 0 radical (unpaired) electrons. The summed E-state index contributed by atoms with van der Waals surface area (Å²) in [5, 5.41) is 3.96. The van der Waals surface area contributed by atoms with Gasteiger partial charge in [0.15, 0.2) is 17.5 Å². The van der Waals surface area contributed by atoms with E-state index >= 15 is 0 Å². The van der Waals surface area contributed by atoms with Gasteiger partial charge in [0.1, 0.15) is 18.6 Å². The molecule has 28 heavy (non-hydrogen) atoms. The van der Waals surface area contributed by atoms with Gasteiger partial charge in [-0.3, -0.25) is 9.78 Å². The molecule has 0 saturated carbocycles. The van der Waals surface area contributed by atoms with E-state index in [4.69, 9.17) is 27.9 Å². The van der Waals surface area contributed by atoms with E-state index in [1.54, 1.807) is 0 Å². The molecule has 1 aromatic heterocycles. The lowest BCUT2D eigenvalue weighted by Gasteiger charge is -2.12. The predicted octanol–water partition coefficient (Wildman–Crippen LogP) is 3.28. The topological polar surface area (TPSA) is 77.0 Å². The number of rotatable bonds is 5. The van der Waals surface area contributed by atoms with Gasteiger partial charge in [0, 0.05) is 5.56 Å². The predicted molar refractivity (Wildman–Crippen MR) is 95.3 cm³/mol. The van der Waals surface area contributed by atoms with Crippen LogP contribution in [0.3, 0.4) is 0 Å². The van der Waals surface area contributed by atoms with Gasteiger partial charge in [-0.1, -0.05) is 23.2 Å². The summed E-state index contributed by atoms with van der Waals surface area (Å²) in [5.41, 5.74) is -0.968. The SMILES string of the molecule is O=c1cnn(Cc2c(Cl)cc(OCc3cc(F)c(F)c(F)c3)cc2Cl)c(=O)[nH]1. The number of hydrogen-bond acceptors (Lipinski definition) is 4. The lowest BCUT2D eigenvalue weighted by Crippen LogP contribution is -2.31. The van der Waals surface area contributed by atoms with Crippen molar-refractivity contribution in [1.29, 1.82) is 0 Å². The molecule has 0 spiro atoms. The molecule has 3 aromatic rings. The molecule has 0 saturated heterocycles. The third-order valence-corrected chi connectivity index (χ3v) is 4.32. The Morgan fingerprint density at radius 3 is 2.21 bits per heavy atom. The third-order valence-electron chi connectivity index (χ3n) is 3.65. The van der Waals surface area contributed by atoms with E-state index in [1.165, 1.54) is 12.1 Å². The number of nitrogens with one attached hydrogen (secondary N) is 1. The zero-order valence-corrected chi connectivity index (χ0v) is 15.3. The number of hydrogen-bond donors (Lipinski definition) is 1. The Labute approximate surface area is 165 Å². The van der Waals surface area contributed by atoms with Crippen molar-refractivity contribution in [3.8, 4) is 5.75 Å². The Kier molecular flexibility index (Phi) is 5.76. The van der Waals surface area contributed by atoms with Crippen molar-refractivity contribution in [3.63, 3.8) is 0 Å². The molecule has 0 bridgehead atoms. The summed E-state index contributed by atoms with van der Waals surface area (Å²) in [6.07, 6.45) is 0.932. The molecule has 0 aliphatic carbocycles. The molecule has 0 aliphatic rings. The zero-order chi connectivity index (χ0) is 20.4. The number of benzene rings is 2. The van der Waals surface area contributed by atoms with Crippen LogP contribution in [0.15, 0.2) is 40.1 Å². The molecule has 0 unspecified atom stereocenters.